The predicted octanol–water partition coefficient (Wildman–Crippen LogP) is 3.09. The fraction of sp³-hybridized carbons (Fsp3) is 0.400. The van der Waals surface area contributed by atoms with Crippen molar-refractivity contribution in [1.82, 2.24) is 9.88 Å². The number of aryl methyl sites for hydroxylation is 1. The molecule has 25 heavy (non-hydrogen) atoms. The van der Waals surface area contributed by atoms with Gasteiger partial charge in [-0.2, -0.15) is 5.26 Å². The average molecular weight is 339 g/mol. The molecular weight excluding hydrogens is 314 g/mol. The summed E-state index contributed by atoms with van der Waals surface area (Å²) < 4.78 is 2.03. The number of aliphatic hydroxyl groups is 1. The van der Waals surface area contributed by atoms with Crippen molar-refractivity contribution >= 4 is 22.9 Å². The number of amides is 1. The molecule has 0 radical (unpaired) electrons. The maximum absolute atomic E-state index is 12.0. The second-order valence-electron chi connectivity index (χ2n) is 7.16. The van der Waals surface area contributed by atoms with Crippen LogP contribution in [0.4, 0.5) is 0 Å². The zero-order chi connectivity index (χ0) is 18.4. The highest BCUT2D eigenvalue weighted by molar-refractivity contribution is 5.96. The van der Waals surface area contributed by atoms with Crippen LogP contribution in [0, 0.1) is 16.7 Å². The molecule has 0 spiro atoms. The van der Waals surface area contributed by atoms with E-state index >= 15 is 0 Å². The van der Waals surface area contributed by atoms with Gasteiger partial charge in [0, 0.05) is 41.8 Å². The van der Waals surface area contributed by atoms with Crippen LogP contribution in [0.2, 0.25) is 0 Å². The highest BCUT2D eigenvalue weighted by atomic mass is 16.3. The molecule has 132 valence electrons. The molecular formula is C20H25N3O2. The molecule has 0 aliphatic heterocycles. The molecule has 1 amide bonds. The van der Waals surface area contributed by atoms with Crippen molar-refractivity contribution in [2.75, 3.05) is 6.54 Å². The van der Waals surface area contributed by atoms with E-state index in [0.29, 0.717) is 13.0 Å². The number of fused-ring (bicyclic) bond motifs is 1. The van der Waals surface area contributed by atoms with Gasteiger partial charge in [-0.15, -0.1) is 0 Å². The molecule has 1 atom stereocenters. The number of aliphatic hydroxyl groups excluding tert-OH is 1. The minimum atomic E-state index is -0.599. The van der Waals surface area contributed by atoms with E-state index in [1.54, 1.807) is 6.08 Å². The Balaban J connectivity index is 2.10. The minimum Gasteiger partial charge on any atom is -0.391 e. The van der Waals surface area contributed by atoms with Crippen LogP contribution in [0.25, 0.3) is 17.0 Å². The Kier molecular flexibility index (Phi) is 6.00. The third-order valence-corrected chi connectivity index (χ3v) is 4.17. The van der Waals surface area contributed by atoms with E-state index < -0.39 is 6.10 Å². The molecule has 2 aromatic rings. The third-order valence-electron chi connectivity index (χ3n) is 4.17. The molecule has 0 saturated carbocycles. The van der Waals surface area contributed by atoms with Crippen molar-refractivity contribution < 1.29 is 9.90 Å². The number of carbonyl (C=O) groups is 1. The number of carbonyl (C=O) groups excluding carboxylic acids is 1. The zero-order valence-electron chi connectivity index (χ0n) is 15.0. The van der Waals surface area contributed by atoms with Crippen LogP contribution in [-0.4, -0.2) is 28.2 Å². The number of nitrogens with zero attached hydrogens (tertiary/aromatic N) is 2. The second-order valence-corrected chi connectivity index (χ2v) is 7.16. The predicted molar refractivity (Wildman–Crippen MR) is 99.7 cm³/mol. The van der Waals surface area contributed by atoms with Crippen LogP contribution in [0.1, 0.15) is 32.8 Å². The van der Waals surface area contributed by atoms with Gasteiger partial charge < -0.3 is 15.0 Å². The second kappa shape index (κ2) is 8.00. The van der Waals surface area contributed by atoms with Crippen molar-refractivity contribution in [2.45, 2.75) is 39.8 Å². The lowest BCUT2D eigenvalue weighted by Gasteiger charge is -2.25. The van der Waals surface area contributed by atoms with Crippen LogP contribution in [0.5, 0.6) is 0 Å². The highest BCUT2D eigenvalue weighted by Crippen LogP contribution is 2.23. The minimum absolute atomic E-state index is 0.219. The average Bonchev–Trinajstić information content (AvgIpc) is 2.93. The Morgan fingerprint density at radius 1 is 1.40 bits per heavy atom. The number of benzene rings is 1. The lowest BCUT2D eigenvalue weighted by molar-refractivity contribution is -0.117. The summed E-state index contributed by atoms with van der Waals surface area (Å²) in [4.78, 5) is 12.0. The Bertz CT molecular complexity index is 806. The summed E-state index contributed by atoms with van der Waals surface area (Å²) in [7, 11) is 0. The largest absolute Gasteiger partial charge is 0.391 e. The zero-order valence-corrected chi connectivity index (χ0v) is 15.0. The van der Waals surface area contributed by atoms with E-state index in [0.717, 1.165) is 16.5 Å². The standard InChI is InChI=1S/C20H25N3O2/c1-20(2,3)18(24)13-22-19(25)10-9-15-14-23(12-6-11-21)17-8-5-4-7-16(15)17/h4-5,7-10,14,18,24H,6,12-13H2,1-3H3,(H,22,25)/b10-9+. The molecule has 2 N–H and O–H groups in total. The van der Waals surface area contributed by atoms with Crippen molar-refractivity contribution in [1.29, 1.82) is 5.26 Å². The first kappa shape index (κ1) is 18.8. The van der Waals surface area contributed by atoms with E-state index in [2.05, 4.69) is 11.4 Å². The first-order chi connectivity index (χ1) is 11.8. The number of hydrogen-bond donors (Lipinski definition) is 2. The lowest BCUT2D eigenvalue weighted by atomic mass is 9.89. The molecule has 0 fully saturated rings. The van der Waals surface area contributed by atoms with Gasteiger partial charge in [0.05, 0.1) is 18.6 Å². The molecule has 5 nitrogen and oxygen atoms in total. The van der Waals surface area contributed by atoms with E-state index in [-0.39, 0.29) is 17.9 Å². The topological polar surface area (TPSA) is 78.0 Å². The lowest BCUT2D eigenvalue weighted by Crippen LogP contribution is -2.38. The molecule has 1 aromatic heterocycles. The SMILES string of the molecule is CC(C)(C)C(O)CNC(=O)/C=C/c1cn(CCC#N)c2ccccc12. The number of aromatic nitrogens is 1. The van der Waals surface area contributed by atoms with Crippen LogP contribution in [0.3, 0.4) is 0 Å². The van der Waals surface area contributed by atoms with Crippen molar-refractivity contribution in [2.24, 2.45) is 5.41 Å². The van der Waals surface area contributed by atoms with Gasteiger partial charge in [-0.05, 0) is 17.6 Å². The van der Waals surface area contributed by atoms with E-state index in [1.165, 1.54) is 6.08 Å². The molecule has 0 aliphatic carbocycles. The summed E-state index contributed by atoms with van der Waals surface area (Å²) in [6, 6.07) is 10.1. The first-order valence-electron chi connectivity index (χ1n) is 8.41. The maximum atomic E-state index is 12.0. The summed E-state index contributed by atoms with van der Waals surface area (Å²) >= 11 is 0. The van der Waals surface area contributed by atoms with Crippen LogP contribution >= 0.6 is 0 Å². The number of rotatable bonds is 6. The molecule has 2 rings (SSSR count). The quantitative estimate of drug-likeness (QED) is 0.794. The fourth-order valence-corrected chi connectivity index (χ4v) is 2.49. The summed E-state index contributed by atoms with van der Waals surface area (Å²) in [6.07, 6.45) is 5.04. The highest BCUT2D eigenvalue weighted by Gasteiger charge is 2.21. The molecule has 0 aliphatic rings. The van der Waals surface area contributed by atoms with Crippen molar-refractivity contribution in [3.63, 3.8) is 0 Å². The summed E-state index contributed by atoms with van der Waals surface area (Å²) in [6.45, 7) is 6.62. The molecule has 5 heteroatoms. The number of nitriles is 1. The van der Waals surface area contributed by atoms with Gasteiger partial charge in [0.15, 0.2) is 0 Å². The van der Waals surface area contributed by atoms with Gasteiger partial charge in [-0.1, -0.05) is 39.0 Å². The van der Waals surface area contributed by atoms with Crippen molar-refractivity contribution in [3.8, 4) is 6.07 Å². The van der Waals surface area contributed by atoms with Gasteiger partial charge in [0.1, 0.15) is 0 Å². The van der Waals surface area contributed by atoms with E-state index in [9.17, 15) is 9.90 Å². The first-order valence-corrected chi connectivity index (χ1v) is 8.41. The number of nitrogens with one attached hydrogen (secondary N) is 1. The molecule has 0 bridgehead atoms. The molecule has 1 unspecified atom stereocenters. The Morgan fingerprint density at radius 3 is 2.80 bits per heavy atom. The van der Waals surface area contributed by atoms with E-state index in [4.69, 9.17) is 5.26 Å². The summed E-state index contributed by atoms with van der Waals surface area (Å²) in [5.41, 5.74) is 1.70. The Labute approximate surface area is 148 Å². The number of para-hydroxylation sites is 1. The van der Waals surface area contributed by atoms with E-state index in [1.807, 2.05) is 55.8 Å². The van der Waals surface area contributed by atoms with Gasteiger partial charge in [-0.3, -0.25) is 4.79 Å². The van der Waals surface area contributed by atoms with Gasteiger partial charge in [0.2, 0.25) is 5.91 Å². The number of hydrogen-bond acceptors (Lipinski definition) is 3. The third kappa shape index (κ3) is 4.94. The Hall–Kier alpha value is -2.58. The smallest absolute Gasteiger partial charge is 0.244 e. The van der Waals surface area contributed by atoms with Gasteiger partial charge in [-0.25, -0.2) is 0 Å². The Morgan fingerprint density at radius 2 is 2.12 bits per heavy atom. The van der Waals surface area contributed by atoms with Crippen LogP contribution in [-0.2, 0) is 11.3 Å². The molecule has 1 aromatic carbocycles. The monoisotopic (exact) mass is 339 g/mol. The summed E-state index contributed by atoms with van der Waals surface area (Å²) in [5.74, 6) is -0.239. The fourth-order valence-electron chi connectivity index (χ4n) is 2.49. The van der Waals surface area contributed by atoms with Crippen LogP contribution in [0.15, 0.2) is 36.5 Å². The summed E-state index contributed by atoms with van der Waals surface area (Å²) in [5, 5.41) is 22.5. The normalized spacial score (nSPS) is 13.1. The van der Waals surface area contributed by atoms with Crippen LogP contribution < -0.4 is 5.32 Å². The molecule has 0 saturated heterocycles. The maximum Gasteiger partial charge on any atom is 0.244 e. The van der Waals surface area contributed by atoms with Gasteiger partial charge in [0.25, 0.3) is 0 Å². The molecule has 1 heterocycles. The van der Waals surface area contributed by atoms with Crippen molar-refractivity contribution in [3.05, 3.63) is 42.1 Å². The van der Waals surface area contributed by atoms with Gasteiger partial charge >= 0.3 is 0 Å².